The number of rotatable bonds is 3. The van der Waals surface area contributed by atoms with Gasteiger partial charge in [-0.1, -0.05) is 5.21 Å². The van der Waals surface area contributed by atoms with Crippen molar-refractivity contribution in [2.24, 2.45) is 0 Å². The lowest BCUT2D eigenvalue weighted by molar-refractivity contribution is -0.139. The summed E-state index contributed by atoms with van der Waals surface area (Å²) in [4.78, 5) is 14.4. The summed E-state index contributed by atoms with van der Waals surface area (Å²) in [6.45, 7) is 4.50. The van der Waals surface area contributed by atoms with E-state index in [0.29, 0.717) is 26.1 Å². The largest absolute Gasteiger partial charge is 0.368 e. The average molecular weight is 316 g/mol. The van der Waals surface area contributed by atoms with Gasteiger partial charge >= 0.3 is 0 Å². The third kappa shape index (κ3) is 2.63. The lowest BCUT2D eigenvalue weighted by Crippen LogP contribution is -2.50. The number of nitrogens with zero attached hydrogens (tertiary/aromatic N) is 6. The summed E-state index contributed by atoms with van der Waals surface area (Å²) in [7, 11) is 0. The van der Waals surface area contributed by atoms with Crippen molar-refractivity contribution in [3.05, 3.63) is 29.8 Å². The molecular weight excluding hydrogens is 296 g/mol. The summed E-state index contributed by atoms with van der Waals surface area (Å²) < 4.78 is 9.73. The first kappa shape index (κ1) is 14.4. The van der Waals surface area contributed by atoms with E-state index in [1.165, 1.54) is 0 Å². The quantitative estimate of drug-likeness (QED) is 0.826. The Balaban J connectivity index is 1.37. The molecule has 2 aliphatic rings. The van der Waals surface area contributed by atoms with Crippen molar-refractivity contribution in [1.82, 2.24) is 29.7 Å². The van der Waals surface area contributed by atoms with Crippen LogP contribution in [-0.4, -0.2) is 54.8 Å². The molecule has 2 aliphatic heterocycles. The zero-order valence-corrected chi connectivity index (χ0v) is 13.1. The maximum Gasteiger partial charge on any atom is 0.224 e. The second-order valence-corrected chi connectivity index (χ2v) is 6.16. The molecule has 4 rings (SSSR count). The molecule has 8 heteroatoms. The van der Waals surface area contributed by atoms with Gasteiger partial charge in [0.2, 0.25) is 5.91 Å². The zero-order valence-electron chi connectivity index (χ0n) is 13.1. The van der Waals surface area contributed by atoms with E-state index in [1.54, 1.807) is 12.4 Å². The third-order valence-electron chi connectivity index (χ3n) is 4.75. The molecular formula is C15H20N6O2. The third-order valence-corrected chi connectivity index (χ3v) is 4.75. The molecule has 1 saturated heterocycles. The lowest BCUT2D eigenvalue weighted by atomic mass is 10.00. The fourth-order valence-electron chi connectivity index (χ4n) is 3.41. The number of likely N-dealkylation sites (tertiary alicyclic amines) is 1. The minimum atomic E-state index is 0.00772. The summed E-state index contributed by atoms with van der Waals surface area (Å²) in [5.74, 6) is 0.159. The number of amides is 1. The van der Waals surface area contributed by atoms with Gasteiger partial charge in [-0.2, -0.15) is 5.10 Å². The van der Waals surface area contributed by atoms with Gasteiger partial charge in [-0.3, -0.25) is 9.48 Å². The van der Waals surface area contributed by atoms with Gasteiger partial charge in [0.1, 0.15) is 0 Å². The molecule has 0 saturated carbocycles. The van der Waals surface area contributed by atoms with Gasteiger partial charge in [-0.05, 0) is 19.4 Å². The molecule has 1 amide bonds. The van der Waals surface area contributed by atoms with Crippen LogP contribution < -0.4 is 0 Å². The molecule has 0 spiro atoms. The van der Waals surface area contributed by atoms with Crippen LogP contribution in [0.5, 0.6) is 0 Å². The summed E-state index contributed by atoms with van der Waals surface area (Å²) in [6.07, 6.45) is 4.84. The zero-order chi connectivity index (χ0) is 15.8. The maximum absolute atomic E-state index is 12.5. The average Bonchev–Trinajstić information content (AvgIpc) is 3.20. The molecule has 23 heavy (non-hydrogen) atoms. The van der Waals surface area contributed by atoms with Crippen LogP contribution >= 0.6 is 0 Å². The summed E-state index contributed by atoms with van der Waals surface area (Å²) >= 11 is 0. The Morgan fingerprint density at radius 3 is 3.22 bits per heavy atom. The summed E-state index contributed by atoms with van der Waals surface area (Å²) in [6, 6.07) is 2.14. The molecule has 0 aromatic carbocycles. The number of piperidine rings is 1. The van der Waals surface area contributed by atoms with Crippen molar-refractivity contribution in [2.75, 3.05) is 13.1 Å². The second kappa shape index (κ2) is 5.77. The number of hydrogen-bond acceptors (Lipinski definition) is 5. The number of aromatic nitrogens is 5. The lowest BCUT2D eigenvalue weighted by Gasteiger charge is -2.41. The molecule has 2 atom stereocenters. The van der Waals surface area contributed by atoms with Crippen LogP contribution in [0.15, 0.2) is 18.5 Å². The van der Waals surface area contributed by atoms with Crippen molar-refractivity contribution < 1.29 is 9.53 Å². The predicted molar refractivity (Wildman–Crippen MR) is 80.4 cm³/mol. The highest BCUT2D eigenvalue weighted by molar-refractivity contribution is 5.76. The first-order valence-electron chi connectivity index (χ1n) is 7.99. The first-order valence-corrected chi connectivity index (χ1v) is 7.99. The highest BCUT2D eigenvalue weighted by Crippen LogP contribution is 2.30. The Bertz CT molecular complexity index is 708. The minimum absolute atomic E-state index is 0.00772. The van der Waals surface area contributed by atoms with Gasteiger partial charge in [0, 0.05) is 37.9 Å². The van der Waals surface area contributed by atoms with Gasteiger partial charge in [0.15, 0.2) is 0 Å². The Labute approximate surface area is 134 Å². The van der Waals surface area contributed by atoms with E-state index in [2.05, 4.69) is 15.4 Å². The standard InChI is InChI=1S/C15H20N6O2/c1-11-2-5-17-20(11)7-4-15(22)19-6-3-13-14(9-19)23-10-12-8-16-18-21(12)13/h2,5,8,13-14H,3-4,6-7,9-10H2,1H3/t13-,14-/m0/s1. The van der Waals surface area contributed by atoms with Gasteiger partial charge in [0.25, 0.3) is 0 Å². The van der Waals surface area contributed by atoms with E-state index >= 15 is 0 Å². The van der Waals surface area contributed by atoms with Crippen LogP contribution in [0.3, 0.4) is 0 Å². The number of ether oxygens (including phenoxy) is 1. The number of aryl methyl sites for hydroxylation is 2. The van der Waals surface area contributed by atoms with Gasteiger partial charge in [-0.25, -0.2) is 4.68 Å². The first-order chi connectivity index (χ1) is 11.2. The molecule has 8 nitrogen and oxygen atoms in total. The Hall–Kier alpha value is -2.22. The molecule has 0 N–H and O–H groups in total. The smallest absolute Gasteiger partial charge is 0.224 e. The van der Waals surface area contributed by atoms with Crippen molar-refractivity contribution in [3.63, 3.8) is 0 Å². The van der Waals surface area contributed by atoms with Crippen LogP contribution in [0.2, 0.25) is 0 Å². The highest BCUT2D eigenvalue weighted by Gasteiger charge is 2.37. The van der Waals surface area contributed by atoms with Crippen molar-refractivity contribution in [1.29, 1.82) is 0 Å². The van der Waals surface area contributed by atoms with Gasteiger partial charge < -0.3 is 9.64 Å². The van der Waals surface area contributed by atoms with Crippen molar-refractivity contribution in [2.45, 2.75) is 45.1 Å². The van der Waals surface area contributed by atoms with Crippen LogP contribution in [0.4, 0.5) is 0 Å². The van der Waals surface area contributed by atoms with Crippen LogP contribution in [0, 0.1) is 6.92 Å². The van der Waals surface area contributed by atoms with E-state index in [9.17, 15) is 4.79 Å². The maximum atomic E-state index is 12.5. The highest BCUT2D eigenvalue weighted by atomic mass is 16.5. The molecule has 0 unspecified atom stereocenters. The SMILES string of the molecule is Cc1ccnn1CCC(=O)N1CC[C@H]2[C@H](C1)OCc1cnnn12. The van der Waals surface area contributed by atoms with E-state index in [1.807, 2.05) is 27.3 Å². The molecule has 4 heterocycles. The predicted octanol–water partition coefficient (Wildman–Crippen LogP) is 0.546. The van der Waals surface area contributed by atoms with Crippen molar-refractivity contribution >= 4 is 5.91 Å². The second-order valence-electron chi connectivity index (χ2n) is 6.16. The number of carbonyl (C=O) groups is 1. The van der Waals surface area contributed by atoms with E-state index in [4.69, 9.17) is 4.74 Å². The Kier molecular flexibility index (Phi) is 3.60. The van der Waals surface area contributed by atoms with Crippen LogP contribution in [0.1, 0.15) is 30.3 Å². The van der Waals surface area contributed by atoms with Gasteiger partial charge in [0.05, 0.1) is 30.6 Å². The Morgan fingerprint density at radius 2 is 2.39 bits per heavy atom. The molecule has 0 radical (unpaired) electrons. The normalized spacial score (nSPS) is 23.4. The van der Waals surface area contributed by atoms with E-state index < -0.39 is 0 Å². The molecule has 2 aromatic heterocycles. The topological polar surface area (TPSA) is 78.1 Å². The number of carbonyl (C=O) groups excluding carboxylic acids is 1. The van der Waals surface area contributed by atoms with Crippen LogP contribution in [0.25, 0.3) is 0 Å². The summed E-state index contributed by atoms with van der Waals surface area (Å²) in [5.41, 5.74) is 2.09. The minimum Gasteiger partial charge on any atom is -0.368 e. The van der Waals surface area contributed by atoms with E-state index in [-0.39, 0.29) is 18.1 Å². The molecule has 1 fully saturated rings. The number of fused-ring (bicyclic) bond motifs is 3. The van der Waals surface area contributed by atoms with E-state index in [0.717, 1.165) is 24.4 Å². The monoisotopic (exact) mass is 316 g/mol. The molecule has 2 aromatic rings. The van der Waals surface area contributed by atoms with Crippen molar-refractivity contribution in [3.8, 4) is 0 Å². The Morgan fingerprint density at radius 1 is 1.48 bits per heavy atom. The fraction of sp³-hybridized carbons (Fsp3) is 0.600. The van der Waals surface area contributed by atoms with Crippen LogP contribution in [-0.2, 0) is 22.7 Å². The molecule has 122 valence electrons. The summed E-state index contributed by atoms with van der Waals surface area (Å²) in [5, 5.41) is 12.3. The molecule has 0 bridgehead atoms. The molecule has 0 aliphatic carbocycles. The van der Waals surface area contributed by atoms with Gasteiger partial charge in [-0.15, -0.1) is 5.10 Å². The number of hydrogen-bond donors (Lipinski definition) is 0. The fourth-order valence-corrected chi connectivity index (χ4v) is 3.41.